The van der Waals surface area contributed by atoms with E-state index in [0.717, 1.165) is 25.8 Å². The van der Waals surface area contributed by atoms with Crippen LogP contribution in [0.2, 0.25) is 0 Å². The molecule has 0 radical (unpaired) electrons. The summed E-state index contributed by atoms with van der Waals surface area (Å²) in [4.78, 5) is 13.3. The highest BCUT2D eigenvalue weighted by Gasteiger charge is 2.46. The minimum absolute atomic E-state index is 0.176. The van der Waals surface area contributed by atoms with Crippen molar-refractivity contribution in [3.05, 3.63) is 0 Å². The van der Waals surface area contributed by atoms with Gasteiger partial charge >= 0.3 is 5.97 Å². The van der Waals surface area contributed by atoms with Gasteiger partial charge in [-0.15, -0.1) is 0 Å². The average Bonchev–Trinajstić information content (AvgIpc) is 2.04. The van der Waals surface area contributed by atoms with Crippen LogP contribution in [0.3, 0.4) is 0 Å². The Morgan fingerprint density at radius 2 is 2.08 bits per heavy atom. The fourth-order valence-electron chi connectivity index (χ4n) is 2.38. The molecule has 0 aromatic carbocycles. The van der Waals surface area contributed by atoms with Crippen LogP contribution < -0.4 is 0 Å². The Balaban J connectivity index is 2.93. The molecule has 76 valence electrons. The second-order valence-electron chi connectivity index (χ2n) is 4.26. The first-order valence-corrected chi connectivity index (χ1v) is 4.96. The van der Waals surface area contributed by atoms with Gasteiger partial charge in [-0.2, -0.15) is 0 Å². The van der Waals surface area contributed by atoms with Crippen molar-refractivity contribution in [3.8, 4) is 0 Å². The molecule has 0 aliphatic carbocycles. The van der Waals surface area contributed by atoms with Gasteiger partial charge < -0.3 is 5.11 Å². The third-order valence-corrected chi connectivity index (χ3v) is 3.31. The summed E-state index contributed by atoms with van der Waals surface area (Å²) >= 11 is 0. The maximum absolute atomic E-state index is 11.3. The minimum atomic E-state index is -0.662. The zero-order valence-corrected chi connectivity index (χ0v) is 8.71. The van der Waals surface area contributed by atoms with Crippen LogP contribution in [-0.4, -0.2) is 35.1 Å². The number of carboxylic acid groups (broad SMARTS) is 1. The number of piperidine rings is 1. The molecular formula is C10H19NO2. The lowest BCUT2D eigenvalue weighted by molar-refractivity contribution is -0.156. The maximum atomic E-state index is 11.3. The molecule has 1 rings (SSSR count). The zero-order chi connectivity index (χ0) is 10.1. The number of likely N-dealkylation sites (tertiary alicyclic amines) is 1. The maximum Gasteiger partial charge on any atom is 0.324 e. The van der Waals surface area contributed by atoms with Crippen molar-refractivity contribution in [2.24, 2.45) is 5.92 Å². The predicted octanol–water partition coefficient (Wildman–Crippen LogP) is 1.58. The summed E-state index contributed by atoms with van der Waals surface area (Å²) < 4.78 is 0. The molecule has 1 saturated heterocycles. The molecule has 0 aromatic rings. The SMILES string of the molecule is CC(C)C1(C(=O)O)CCCCN1C. The molecule has 0 bridgehead atoms. The van der Waals surface area contributed by atoms with E-state index in [1.807, 2.05) is 25.8 Å². The Bertz CT molecular complexity index is 203. The van der Waals surface area contributed by atoms with Crippen LogP contribution in [0.1, 0.15) is 33.1 Å². The largest absolute Gasteiger partial charge is 0.480 e. The van der Waals surface area contributed by atoms with E-state index in [2.05, 4.69) is 0 Å². The molecular weight excluding hydrogens is 166 g/mol. The summed E-state index contributed by atoms with van der Waals surface area (Å²) in [5, 5.41) is 9.29. The summed E-state index contributed by atoms with van der Waals surface area (Å²) in [6.07, 6.45) is 2.95. The van der Waals surface area contributed by atoms with Crippen molar-refractivity contribution in [1.82, 2.24) is 4.90 Å². The van der Waals surface area contributed by atoms with Gasteiger partial charge in [0, 0.05) is 0 Å². The van der Waals surface area contributed by atoms with Gasteiger partial charge in [0.15, 0.2) is 0 Å². The molecule has 1 atom stereocenters. The molecule has 3 nitrogen and oxygen atoms in total. The normalized spacial score (nSPS) is 30.8. The van der Waals surface area contributed by atoms with Crippen LogP contribution in [0, 0.1) is 5.92 Å². The highest BCUT2D eigenvalue weighted by atomic mass is 16.4. The van der Waals surface area contributed by atoms with E-state index in [4.69, 9.17) is 0 Å². The Hall–Kier alpha value is -0.570. The second-order valence-corrected chi connectivity index (χ2v) is 4.26. The first-order valence-electron chi connectivity index (χ1n) is 4.96. The van der Waals surface area contributed by atoms with Crippen molar-refractivity contribution in [2.75, 3.05) is 13.6 Å². The number of carbonyl (C=O) groups is 1. The van der Waals surface area contributed by atoms with E-state index in [-0.39, 0.29) is 5.92 Å². The fraction of sp³-hybridized carbons (Fsp3) is 0.900. The number of hydrogen-bond donors (Lipinski definition) is 1. The van der Waals surface area contributed by atoms with E-state index in [9.17, 15) is 9.90 Å². The van der Waals surface area contributed by atoms with Gasteiger partial charge in [-0.1, -0.05) is 13.8 Å². The smallest absolute Gasteiger partial charge is 0.324 e. The van der Waals surface area contributed by atoms with Crippen molar-refractivity contribution in [2.45, 2.75) is 38.6 Å². The minimum Gasteiger partial charge on any atom is -0.480 e. The van der Waals surface area contributed by atoms with E-state index in [1.165, 1.54) is 0 Å². The third-order valence-electron chi connectivity index (χ3n) is 3.31. The molecule has 0 spiro atoms. The Morgan fingerprint density at radius 1 is 1.46 bits per heavy atom. The molecule has 1 aliphatic heterocycles. The van der Waals surface area contributed by atoms with Crippen LogP contribution in [0.25, 0.3) is 0 Å². The first-order chi connectivity index (χ1) is 6.01. The molecule has 1 heterocycles. The summed E-state index contributed by atoms with van der Waals surface area (Å²) in [6, 6.07) is 0. The van der Waals surface area contributed by atoms with Crippen LogP contribution in [0.5, 0.6) is 0 Å². The van der Waals surface area contributed by atoms with Crippen molar-refractivity contribution in [3.63, 3.8) is 0 Å². The molecule has 1 N–H and O–H groups in total. The Labute approximate surface area is 79.7 Å². The van der Waals surface area contributed by atoms with Gasteiger partial charge in [0.05, 0.1) is 0 Å². The van der Waals surface area contributed by atoms with E-state index < -0.39 is 11.5 Å². The standard InChI is InChI=1S/C10H19NO2/c1-8(2)10(9(12)13)6-4-5-7-11(10)3/h8H,4-7H2,1-3H3,(H,12,13). The zero-order valence-electron chi connectivity index (χ0n) is 8.71. The Morgan fingerprint density at radius 3 is 2.38 bits per heavy atom. The van der Waals surface area contributed by atoms with E-state index >= 15 is 0 Å². The molecule has 0 amide bonds. The third kappa shape index (κ3) is 1.57. The molecule has 1 fully saturated rings. The number of carboxylic acids is 1. The summed E-state index contributed by atoms with van der Waals surface area (Å²) in [5.74, 6) is -0.486. The fourth-order valence-corrected chi connectivity index (χ4v) is 2.38. The average molecular weight is 185 g/mol. The number of rotatable bonds is 2. The quantitative estimate of drug-likeness (QED) is 0.710. The lowest BCUT2D eigenvalue weighted by Crippen LogP contribution is -2.58. The number of hydrogen-bond acceptors (Lipinski definition) is 2. The molecule has 0 saturated carbocycles. The number of likely N-dealkylation sites (N-methyl/N-ethyl adjacent to an activating group) is 1. The summed E-state index contributed by atoms with van der Waals surface area (Å²) in [6.45, 7) is 4.90. The van der Waals surface area contributed by atoms with Gasteiger partial charge in [-0.25, -0.2) is 0 Å². The van der Waals surface area contributed by atoms with Gasteiger partial charge in [-0.3, -0.25) is 9.69 Å². The van der Waals surface area contributed by atoms with Crippen molar-refractivity contribution < 1.29 is 9.90 Å². The number of aliphatic carboxylic acids is 1. The van der Waals surface area contributed by atoms with Crippen molar-refractivity contribution >= 4 is 5.97 Å². The van der Waals surface area contributed by atoms with Gasteiger partial charge in [-0.05, 0) is 38.8 Å². The lowest BCUT2D eigenvalue weighted by atomic mass is 9.78. The topological polar surface area (TPSA) is 40.5 Å². The highest BCUT2D eigenvalue weighted by molar-refractivity contribution is 5.79. The predicted molar refractivity (Wildman–Crippen MR) is 51.7 cm³/mol. The molecule has 0 aromatic heterocycles. The lowest BCUT2D eigenvalue weighted by Gasteiger charge is -2.44. The van der Waals surface area contributed by atoms with Crippen molar-refractivity contribution in [1.29, 1.82) is 0 Å². The molecule has 1 aliphatic rings. The van der Waals surface area contributed by atoms with Crippen LogP contribution in [0.15, 0.2) is 0 Å². The van der Waals surface area contributed by atoms with Gasteiger partial charge in [0.1, 0.15) is 5.54 Å². The van der Waals surface area contributed by atoms with Crippen LogP contribution in [0.4, 0.5) is 0 Å². The van der Waals surface area contributed by atoms with Gasteiger partial charge in [0.25, 0.3) is 0 Å². The Kier molecular flexibility index (Phi) is 2.96. The highest BCUT2D eigenvalue weighted by Crippen LogP contribution is 2.33. The number of nitrogens with zero attached hydrogens (tertiary/aromatic N) is 1. The van der Waals surface area contributed by atoms with Crippen LogP contribution >= 0.6 is 0 Å². The van der Waals surface area contributed by atoms with E-state index in [1.54, 1.807) is 0 Å². The van der Waals surface area contributed by atoms with Gasteiger partial charge in [0.2, 0.25) is 0 Å². The molecule has 3 heteroatoms. The second kappa shape index (κ2) is 3.66. The first kappa shape index (κ1) is 10.5. The molecule has 1 unspecified atom stereocenters. The summed E-state index contributed by atoms with van der Waals surface area (Å²) in [5.41, 5.74) is -0.613. The van der Waals surface area contributed by atoms with Crippen LogP contribution in [-0.2, 0) is 4.79 Å². The summed E-state index contributed by atoms with van der Waals surface area (Å²) in [7, 11) is 1.92. The monoisotopic (exact) mass is 185 g/mol. The van der Waals surface area contributed by atoms with E-state index in [0.29, 0.717) is 0 Å². The molecule has 13 heavy (non-hydrogen) atoms.